The van der Waals surface area contributed by atoms with Gasteiger partial charge >= 0.3 is 0 Å². The molecule has 0 heterocycles. The highest BCUT2D eigenvalue weighted by molar-refractivity contribution is 5.79. The molecule has 1 aromatic carbocycles. The van der Waals surface area contributed by atoms with Gasteiger partial charge in [0.25, 0.3) is 0 Å². The van der Waals surface area contributed by atoms with E-state index >= 15 is 0 Å². The van der Waals surface area contributed by atoms with Gasteiger partial charge in [0, 0.05) is 18.0 Å². The highest BCUT2D eigenvalue weighted by atomic mass is 16.2. The van der Waals surface area contributed by atoms with Crippen LogP contribution in [0.4, 0.5) is 0 Å². The molecule has 1 atom stereocenters. The summed E-state index contributed by atoms with van der Waals surface area (Å²) in [5.74, 6) is -0.000869. The van der Waals surface area contributed by atoms with Crippen molar-refractivity contribution in [3.63, 3.8) is 0 Å². The number of aryl methyl sites for hydroxylation is 1. The predicted octanol–water partition coefficient (Wildman–Crippen LogP) is 2.50. The van der Waals surface area contributed by atoms with Gasteiger partial charge in [0.2, 0.25) is 5.91 Å². The molecule has 19 heavy (non-hydrogen) atoms. The van der Waals surface area contributed by atoms with Gasteiger partial charge in [-0.25, -0.2) is 0 Å². The molecule has 0 aliphatic carbocycles. The van der Waals surface area contributed by atoms with Crippen molar-refractivity contribution in [1.82, 2.24) is 5.32 Å². The molecule has 0 fully saturated rings. The molecule has 0 aliphatic rings. The third-order valence-electron chi connectivity index (χ3n) is 3.49. The Morgan fingerprint density at radius 1 is 1.32 bits per heavy atom. The molecule has 0 saturated heterocycles. The summed E-state index contributed by atoms with van der Waals surface area (Å²) in [6.45, 7) is 6.54. The van der Waals surface area contributed by atoms with Crippen molar-refractivity contribution in [3.05, 3.63) is 35.9 Å². The summed E-state index contributed by atoms with van der Waals surface area (Å²) < 4.78 is 0. The monoisotopic (exact) mass is 262 g/mol. The molecule has 1 aromatic rings. The van der Waals surface area contributed by atoms with Crippen LogP contribution in [0, 0.1) is 5.92 Å². The fraction of sp³-hybridized carbons (Fsp3) is 0.562. The van der Waals surface area contributed by atoms with E-state index < -0.39 is 0 Å². The van der Waals surface area contributed by atoms with Crippen LogP contribution in [0.5, 0.6) is 0 Å². The molecule has 0 aromatic heterocycles. The summed E-state index contributed by atoms with van der Waals surface area (Å²) in [5.41, 5.74) is 6.71. The van der Waals surface area contributed by atoms with Crippen LogP contribution in [-0.2, 0) is 11.2 Å². The molecule has 3 nitrogen and oxygen atoms in total. The first-order valence-electron chi connectivity index (χ1n) is 7.04. The maximum Gasteiger partial charge on any atom is 0.224 e. The van der Waals surface area contributed by atoms with E-state index in [4.69, 9.17) is 5.73 Å². The average molecular weight is 262 g/mol. The second-order valence-electron chi connectivity index (χ2n) is 5.70. The molecule has 0 saturated carbocycles. The lowest BCUT2D eigenvalue weighted by Gasteiger charge is -2.28. The molecule has 0 bridgehead atoms. The van der Waals surface area contributed by atoms with E-state index in [0.717, 1.165) is 19.3 Å². The molecule has 0 radical (unpaired) electrons. The van der Waals surface area contributed by atoms with Crippen molar-refractivity contribution < 1.29 is 4.79 Å². The lowest BCUT2D eigenvalue weighted by Crippen LogP contribution is -2.47. The highest BCUT2D eigenvalue weighted by Gasteiger charge is 2.23. The van der Waals surface area contributed by atoms with Gasteiger partial charge in [-0.2, -0.15) is 0 Å². The third kappa shape index (κ3) is 5.43. The molecule has 0 aliphatic heterocycles. The van der Waals surface area contributed by atoms with Crippen LogP contribution in [0.1, 0.15) is 39.2 Å². The van der Waals surface area contributed by atoms with E-state index in [0.29, 0.717) is 6.54 Å². The van der Waals surface area contributed by atoms with Gasteiger partial charge in [-0.05, 0) is 38.7 Å². The van der Waals surface area contributed by atoms with Gasteiger partial charge in [0.15, 0.2) is 0 Å². The van der Waals surface area contributed by atoms with Gasteiger partial charge in [-0.1, -0.05) is 37.3 Å². The topological polar surface area (TPSA) is 55.1 Å². The molecular weight excluding hydrogens is 236 g/mol. The van der Waals surface area contributed by atoms with Gasteiger partial charge in [0.1, 0.15) is 0 Å². The summed E-state index contributed by atoms with van der Waals surface area (Å²) in [6, 6.07) is 10.3. The first-order chi connectivity index (χ1) is 8.98. The average Bonchev–Trinajstić information content (AvgIpc) is 2.38. The smallest absolute Gasteiger partial charge is 0.224 e. The first-order valence-corrected chi connectivity index (χ1v) is 7.04. The zero-order valence-corrected chi connectivity index (χ0v) is 12.3. The minimum absolute atomic E-state index is 0.0723. The molecule has 0 spiro atoms. The Bertz CT molecular complexity index is 383. The van der Waals surface area contributed by atoms with E-state index in [2.05, 4.69) is 31.3 Å². The maximum absolute atomic E-state index is 12.0. The summed E-state index contributed by atoms with van der Waals surface area (Å²) >= 11 is 0. The van der Waals surface area contributed by atoms with E-state index in [1.165, 1.54) is 5.56 Å². The third-order valence-corrected chi connectivity index (χ3v) is 3.49. The minimum Gasteiger partial charge on any atom is -0.351 e. The van der Waals surface area contributed by atoms with Gasteiger partial charge in [-0.15, -0.1) is 0 Å². The number of carbonyl (C=O) groups excluding carboxylic acids is 1. The Balaban J connectivity index is 2.49. The van der Waals surface area contributed by atoms with Crippen molar-refractivity contribution in [2.75, 3.05) is 6.54 Å². The maximum atomic E-state index is 12.0. The Morgan fingerprint density at radius 3 is 2.47 bits per heavy atom. The van der Waals surface area contributed by atoms with Crippen LogP contribution in [0.25, 0.3) is 0 Å². The van der Waals surface area contributed by atoms with Crippen LogP contribution in [0.15, 0.2) is 30.3 Å². The molecule has 1 amide bonds. The Kier molecular flexibility index (Phi) is 6.03. The van der Waals surface area contributed by atoms with Crippen molar-refractivity contribution in [1.29, 1.82) is 0 Å². The zero-order chi connectivity index (χ0) is 14.3. The number of amides is 1. The summed E-state index contributed by atoms with van der Waals surface area (Å²) in [6.07, 6.45) is 2.67. The van der Waals surface area contributed by atoms with Crippen LogP contribution in [-0.4, -0.2) is 18.0 Å². The quantitative estimate of drug-likeness (QED) is 0.793. The number of nitrogens with two attached hydrogens (primary N) is 1. The largest absolute Gasteiger partial charge is 0.351 e. The molecule has 106 valence electrons. The SMILES string of the molecule is CCC(CN)C(=O)NC(C)(C)CCc1ccccc1. The Labute approximate surface area is 116 Å². The number of hydrogen-bond donors (Lipinski definition) is 2. The number of hydrogen-bond acceptors (Lipinski definition) is 2. The fourth-order valence-corrected chi connectivity index (χ4v) is 2.06. The van der Waals surface area contributed by atoms with Crippen LogP contribution >= 0.6 is 0 Å². The van der Waals surface area contributed by atoms with Crippen LogP contribution in [0.2, 0.25) is 0 Å². The number of nitrogens with one attached hydrogen (secondary N) is 1. The first kappa shape index (κ1) is 15.7. The van der Waals surface area contributed by atoms with Crippen LogP contribution in [0.3, 0.4) is 0 Å². The second-order valence-corrected chi connectivity index (χ2v) is 5.70. The van der Waals surface area contributed by atoms with Crippen molar-refractivity contribution >= 4 is 5.91 Å². The summed E-state index contributed by atoms with van der Waals surface area (Å²) in [5, 5.41) is 3.11. The summed E-state index contributed by atoms with van der Waals surface area (Å²) in [4.78, 5) is 12.0. The van der Waals surface area contributed by atoms with Gasteiger partial charge in [0.05, 0.1) is 0 Å². The predicted molar refractivity (Wildman–Crippen MR) is 79.8 cm³/mol. The number of rotatable bonds is 7. The van der Waals surface area contributed by atoms with E-state index in [9.17, 15) is 4.79 Å². The van der Waals surface area contributed by atoms with Crippen LogP contribution < -0.4 is 11.1 Å². The zero-order valence-electron chi connectivity index (χ0n) is 12.3. The normalized spacial score (nSPS) is 13.1. The molecule has 1 unspecified atom stereocenters. The molecular formula is C16H26N2O. The minimum atomic E-state index is -0.199. The van der Waals surface area contributed by atoms with Crippen molar-refractivity contribution in [2.24, 2.45) is 11.7 Å². The second kappa shape index (κ2) is 7.29. The summed E-state index contributed by atoms with van der Waals surface area (Å²) in [7, 11) is 0. The van der Waals surface area contributed by atoms with Gasteiger partial charge in [-0.3, -0.25) is 4.79 Å². The van der Waals surface area contributed by atoms with E-state index in [1.54, 1.807) is 0 Å². The fourth-order valence-electron chi connectivity index (χ4n) is 2.06. The molecule has 3 heteroatoms. The Hall–Kier alpha value is -1.35. The van der Waals surface area contributed by atoms with E-state index in [1.807, 2.05) is 25.1 Å². The number of benzene rings is 1. The highest BCUT2D eigenvalue weighted by Crippen LogP contribution is 2.15. The molecule has 1 rings (SSSR count). The van der Waals surface area contributed by atoms with Crippen molar-refractivity contribution in [2.45, 2.75) is 45.6 Å². The van der Waals surface area contributed by atoms with E-state index in [-0.39, 0.29) is 17.4 Å². The number of carbonyl (C=O) groups is 1. The van der Waals surface area contributed by atoms with Crippen molar-refractivity contribution in [3.8, 4) is 0 Å². The lowest BCUT2D eigenvalue weighted by atomic mass is 9.94. The van der Waals surface area contributed by atoms with Gasteiger partial charge < -0.3 is 11.1 Å². The lowest BCUT2D eigenvalue weighted by molar-refractivity contribution is -0.126. The standard InChI is InChI=1S/C16H26N2O/c1-4-14(12-17)15(19)18-16(2,3)11-10-13-8-6-5-7-9-13/h5-9,14H,4,10-12,17H2,1-3H3,(H,18,19). The molecule has 3 N–H and O–H groups in total. The Morgan fingerprint density at radius 2 is 1.95 bits per heavy atom.